The van der Waals surface area contributed by atoms with E-state index in [2.05, 4.69) is 5.32 Å². The molecule has 1 aromatic rings. The third kappa shape index (κ3) is 3.01. The Hall–Kier alpha value is -1.06. The van der Waals surface area contributed by atoms with Crippen LogP contribution in [-0.4, -0.2) is 17.2 Å². The van der Waals surface area contributed by atoms with E-state index >= 15 is 0 Å². The second kappa shape index (κ2) is 4.44. The van der Waals surface area contributed by atoms with Crippen molar-refractivity contribution in [2.45, 2.75) is 25.9 Å². The molecule has 0 aliphatic rings. The lowest BCUT2D eigenvalue weighted by molar-refractivity contribution is 0.389. The highest BCUT2D eigenvalue weighted by Gasteiger charge is 2.14. The molecule has 0 saturated heterocycles. The SMILES string of the molecule is CC(C)(CN)NCc1ccccc1O. The van der Waals surface area contributed by atoms with Crippen LogP contribution >= 0.6 is 0 Å². The summed E-state index contributed by atoms with van der Waals surface area (Å²) in [6, 6.07) is 7.31. The largest absolute Gasteiger partial charge is 0.508 e. The Bertz CT molecular complexity index is 297. The molecule has 0 saturated carbocycles. The summed E-state index contributed by atoms with van der Waals surface area (Å²) in [5.41, 5.74) is 6.39. The summed E-state index contributed by atoms with van der Waals surface area (Å²) in [5.74, 6) is 0.327. The molecular formula is C11H18N2O. The molecular weight excluding hydrogens is 176 g/mol. The molecule has 1 aromatic carbocycles. The molecule has 78 valence electrons. The lowest BCUT2D eigenvalue weighted by atomic mass is 10.1. The molecule has 0 aliphatic carbocycles. The van der Waals surface area contributed by atoms with Gasteiger partial charge in [0.1, 0.15) is 5.75 Å². The zero-order valence-electron chi connectivity index (χ0n) is 8.75. The van der Waals surface area contributed by atoms with E-state index in [1.807, 2.05) is 32.0 Å². The zero-order valence-corrected chi connectivity index (χ0v) is 8.75. The normalized spacial score (nSPS) is 11.6. The first-order chi connectivity index (χ1) is 6.55. The molecule has 0 aromatic heterocycles. The van der Waals surface area contributed by atoms with Crippen LogP contribution in [-0.2, 0) is 6.54 Å². The number of para-hydroxylation sites is 1. The Morgan fingerprint density at radius 1 is 1.36 bits per heavy atom. The molecule has 4 N–H and O–H groups in total. The zero-order chi connectivity index (χ0) is 10.6. The van der Waals surface area contributed by atoms with E-state index in [0.29, 0.717) is 18.8 Å². The minimum Gasteiger partial charge on any atom is -0.508 e. The third-order valence-corrected chi connectivity index (χ3v) is 2.26. The number of hydrogen-bond acceptors (Lipinski definition) is 3. The van der Waals surface area contributed by atoms with Crippen LogP contribution in [0, 0.1) is 0 Å². The van der Waals surface area contributed by atoms with Crippen molar-refractivity contribution in [3.8, 4) is 5.75 Å². The van der Waals surface area contributed by atoms with Crippen LogP contribution in [0.1, 0.15) is 19.4 Å². The maximum absolute atomic E-state index is 9.51. The van der Waals surface area contributed by atoms with Gasteiger partial charge in [-0.2, -0.15) is 0 Å². The second-order valence-electron chi connectivity index (χ2n) is 4.07. The van der Waals surface area contributed by atoms with Crippen LogP contribution < -0.4 is 11.1 Å². The van der Waals surface area contributed by atoms with Gasteiger partial charge in [-0.05, 0) is 19.9 Å². The van der Waals surface area contributed by atoms with Crippen LogP contribution in [0.25, 0.3) is 0 Å². The second-order valence-corrected chi connectivity index (χ2v) is 4.07. The molecule has 0 spiro atoms. The van der Waals surface area contributed by atoms with Crippen molar-refractivity contribution in [3.63, 3.8) is 0 Å². The topological polar surface area (TPSA) is 58.3 Å². The Morgan fingerprint density at radius 2 is 2.00 bits per heavy atom. The monoisotopic (exact) mass is 194 g/mol. The lowest BCUT2D eigenvalue weighted by Gasteiger charge is -2.24. The van der Waals surface area contributed by atoms with Crippen LogP contribution in [0.2, 0.25) is 0 Å². The molecule has 0 radical (unpaired) electrons. The van der Waals surface area contributed by atoms with Gasteiger partial charge in [-0.25, -0.2) is 0 Å². The molecule has 3 heteroatoms. The average Bonchev–Trinajstić information content (AvgIpc) is 2.17. The summed E-state index contributed by atoms with van der Waals surface area (Å²) in [4.78, 5) is 0. The highest BCUT2D eigenvalue weighted by Crippen LogP contribution is 2.15. The van der Waals surface area contributed by atoms with E-state index in [9.17, 15) is 5.11 Å². The van der Waals surface area contributed by atoms with Crippen LogP contribution in [0.15, 0.2) is 24.3 Å². The first-order valence-corrected chi connectivity index (χ1v) is 4.77. The molecule has 0 aliphatic heterocycles. The standard InChI is InChI=1S/C11H18N2O/c1-11(2,8-12)13-7-9-5-3-4-6-10(9)14/h3-6,13-14H,7-8,12H2,1-2H3. The Balaban J connectivity index is 2.58. The van der Waals surface area contributed by atoms with Crippen molar-refractivity contribution in [1.29, 1.82) is 0 Å². The third-order valence-electron chi connectivity index (χ3n) is 2.26. The molecule has 0 unspecified atom stereocenters. The highest BCUT2D eigenvalue weighted by atomic mass is 16.3. The van der Waals surface area contributed by atoms with Gasteiger partial charge in [0.25, 0.3) is 0 Å². The molecule has 0 heterocycles. The number of phenols is 1. The van der Waals surface area contributed by atoms with Crippen molar-refractivity contribution >= 4 is 0 Å². The Labute approximate surface area is 84.9 Å². The lowest BCUT2D eigenvalue weighted by Crippen LogP contribution is -2.45. The van der Waals surface area contributed by atoms with E-state index in [1.165, 1.54) is 0 Å². The van der Waals surface area contributed by atoms with Gasteiger partial charge in [-0.1, -0.05) is 18.2 Å². The molecule has 0 bridgehead atoms. The predicted octanol–water partition coefficient (Wildman–Crippen LogP) is 1.22. The summed E-state index contributed by atoms with van der Waals surface area (Å²) >= 11 is 0. The number of nitrogens with one attached hydrogen (secondary N) is 1. The van der Waals surface area contributed by atoms with Gasteiger partial charge in [-0.15, -0.1) is 0 Å². The molecule has 14 heavy (non-hydrogen) atoms. The van der Waals surface area contributed by atoms with E-state index in [0.717, 1.165) is 5.56 Å². The van der Waals surface area contributed by atoms with E-state index < -0.39 is 0 Å². The van der Waals surface area contributed by atoms with Gasteiger partial charge >= 0.3 is 0 Å². The van der Waals surface area contributed by atoms with Crippen LogP contribution in [0.3, 0.4) is 0 Å². The molecule has 0 amide bonds. The molecule has 1 rings (SSSR count). The summed E-state index contributed by atoms with van der Waals surface area (Å²) in [7, 11) is 0. The average molecular weight is 194 g/mol. The first kappa shape index (κ1) is 11.0. The fourth-order valence-corrected chi connectivity index (χ4v) is 1.07. The van der Waals surface area contributed by atoms with Crippen molar-refractivity contribution in [3.05, 3.63) is 29.8 Å². The summed E-state index contributed by atoms with van der Waals surface area (Å²) in [6.07, 6.45) is 0. The summed E-state index contributed by atoms with van der Waals surface area (Å²) in [5, 5.41) is 12.8. The fourth-order valence-electron chi connectivity index (χ4n) is 1.07. The van der Waals surface area contributed by atoms with E-state index in [1.54, 1.807) is 6.07 Å². The number of benzene rings is 1. The van der Waals surface area contributed by atoms with Gasteiger partial charge in [-0.3, -0.25) is 0 Å². The fraction of sp³-hybridized carbons (Fsp3) is 0.455. The van der Waals surface area contributed by atoms with Crippen molar-refractivity contribution in [1.82, 2.24) is 5.32 Å². The minimum absolute atomic E-state index is 0.0950. The number of nitrogens with two attached hydrogens (primary N) is 1. The summed E-state index contributed by atoms with van der Waals surface area (Å²) in [6.45, 7) is 5.28. The molecule has 0 atom stereocenters. The summed E-state index contributed by atoms with van der Waals surface area (Å²) < 4.78 is 0. The van der Waals surface area contributed by atoms with Gasteiger partial charge in [0.2, 0.25) is 0 Å². The van der Waals surface area contributed by atoms with Gasteiger partial charge < -0.3 is 16.2 Å². The van der Waals surface area contributed by atoms with Gasteiger partial charge in [0, 0.05) is 24.2 Å². The Kier molecular flexibility index (Phi) is 3.49. The van der Waals surface area contributed by atoms with Crippen molar-refractivity contribution in [2.24, 2.45) is 5.73 Å². The van der Waals surface area contributed by atoms with E-state index in [4.69, 9.17) is 5.73 Å². The quantitative estimate of drug-likeness (QED) is 0.675. The van der Waals surface area contributed by atoms with Gasteiger partial charge in [0.15, 0.2) is 0 Å². The number of hydrogen-bond donors (Lipinski definition) is 3. The number of rotatable bonds is 4. The number of aromatic hydroxyl groups is 1. The molecule has 0 fully saturated rings. The van der Waals surface area contributed by atoms with Crippen molar-refractivity contribution in [2.75, 3.05) is 6.54 Å². The predicted molar refractivity (Wildman–Crippen MR) is 58.1 cm³/mol. The molecule has 3 nitrogen and oxygen atoms in total. The highest BCUT2D eigenvalue weighted by molar-refractivity contribution is 5.31. The maximum Gasteiger partial charge on any atom is 0.120 e. The Morgan fingerprint density at radius 3 is 2.57 bits per heavy atom. The van der Waals surface area contributed by atoms with Gasteiger partial charge in [0.05, 0.1) is 0 Å². The smallest absolute Gasteiger partial charge is 0.120 e. The maximum atomic E-state index is 9.51. The van der Waals surface area contributed by atoms with Crippen LogP contribution in [0.4, 0.5) is 0 Å². The van der Waals surface area contributed by atoms with Crippen LogP contribution in [0.5, 0.6) is 5.75 Å². The first-order valence-electron chi connectivity index (χ1n) is 4.77. The number of phenolic OH excluding ortho intramolecular Hbond substituents is 1. The minimum atomic E-state index is -0.0950. The van der Waals surface area contributed by atoms with Crippen molar-refractivity contribution < 1.29 is 5.11 Å². The van der Waals surface area contributed by atoms with E-state index in [-0.39, 0.29) is 5.54 Å².